The van der Waals surface area contributed by atoms with E-state index in [4.69, 9.17) is 4.74 Å². The molecule has 1 aliphatic heterocycles. The summed E-state index contributed by atoms with van der Waals surface area (Å²) in [5.41, 5.74) is 3.57. The SMILES string of the molecule is COC(=O)c1ccc2c(c1)C(C)(C)/C(=C/C=C1\C=C(O)C=CC1=O)N2C. The number of ketones is 1. The normalized spacial score (nSPS) is 21.2. The van der Waals surface area contributed by atoms with E-state index < -0.39 is 0 Å². The Morgan fingerprint density at radius 2 is 1.96 bits per heavy atom. The van der Waals surface area contributed by atoms with Crippen molar-refractivity contribution >= 4 is 17.4 Å². The predicted molar refractivity (Wildman–Crippen MR) is 100 cm³/mol. The van der Waals surface area contributed by atoms with Crippen LogP contribution in [0.2, 0.25) is 0 Å². The van der Waals surface area contributed by atoms with Crippen LogP contribution in [0.3, 0.4) is 0 Å². The number of aliphatic hydroxyl groups is 1. The largest absolute Gasteiger partial charge is 0.508 e. The number of hydrogen-bond donors (Lipinski definition) is 1. The Balaban J connectivity index is 2.03. The number of fused-ring (bicyclic) bond motifs is 1. The number of benzene rings is 1. The lowest BCUT2D eigenvalue weighted by Crippen LogP contribution is -2.22. The lowest BCUT2D eigenvalue weighted by Gasteiger charge is -2.24. The van der Waals surface area contributed by atoms with E-state index in [2.05, 4.69) is 13.8 Å². The molecular weight excluding hydrogens is 330 g/mol. The van der Waals surface area contributed by atoms with Gasteiger partial charge in [-0.1, -0.05) is 13.8 Å². The third kappa shape index (κ3) is 2.86. The lowest BCUT2D eigenvalue weighted by molar-refractivity contribution is -0.111. The number of esters is 1. The van der Waals surface area contributed by atoms with Crippen LogP contribution in [0.4, 0.5) is 5.69 Å². The smallest absolute Gasteiger partial charge is 0.337 e. The first-order chi connectivity index (χ1) is 12.3. The summed E-state index contributed by atoms with van der Waals surface area (Å²) in [6.07, 6.45) is 7.77. The summed E-state index contributed by atoms with van der Waals surface area (Å²) in [5, 5.41) is 9.60. The number of methoxy groups -OCH3 is 1. The summed E-state index contributed by atoms with van der Waals surface area (Å²) in [5.74, 6) is -0.464. The van der Waals surface area contributed by atoms with E-state index in [9.17, 15) is 14.7 Å². The molecule has 1 aromatic rings. The van der Waals surface area contributed by atoms with Crippen LogP contribution in [0.5, 0.6) is 0 Å². The molecule has 3 rings (SSSR count). The van der Waals surface area contributed by atoms with Crippen LogP contribution in [0.1, 0.15) is 29.8 Å². The molecule has 0 saturated carbocycles. The fourth-order valence-electron chi connectivity index (χ4n) is 3.42. The van der Waals surface area contributed by atoms with Crippen LogP contribution in [-0.4, -0.2) is 31.0 Å². The number of allylic oxidation sites excluding steroid dienone is 7. The van der Waals surface area contributed by atoms with Gasteiger partial charge in [-0.3, -0.25) is 4.79 Å². The van der Waals surface area contributed by atoms with Gasteiger partial charge in [-0.05, 0) is 54.1 Å². The zero-order valence-corrected chi connectivity index (χ0v) is 15.2. The van der Waals surface area contributed by atoms with E-state index in [-0.39, 0.29) is 22.9 Å². The zero-order valence-electron chi connectivity index (χ0n) is 15.2. The maximum absolute atomic E-state index is 12.0. The average Bonchev–Trinajstić information content (AvgIpc) is 2.81. The number of nitrogens with zero attached hydrogens (tertiary/aromatic N) is 1. The molecule has 26 heavy (non-hydrogen) atoms. The van der Waals surface area contributed by atoms with E-state index in [1.807, 2.05) is 30.2 Å². The van der Waals surface area contributed by atoms with Gasteiger partial charge in [-0.25, -0.2) is 4.79 Å². The minimum Gasteiger partial charge on any atom is -0.508 e. The third-order valence-electron chi connectivity index (χ3n) is 4.87. The molecule has 1 N–H and O–H groups in total. The summed E-state index contributed by atoms with van der Waals surface area (Å²) >= 11 is 0. The number of likely N-dealkylation sites (N-methyl/N-ethyl adjacent to an activating group) is 1. The first-order valence-electron chi connectivity index (χ1n) is 8.28. The van der Waals surface area contributed by atoms with Crippen molar-refractivity contribution in [2.75, 3.05) is 19.1 Å². The number of hydrogen-bond acceptors (Lipinski definition) is 5. The topological polar surface area (TPSA) is 66.8 Å². The molecule has 1 heterocycles. The summed E-state index contributed by atoms with van der Waals surface area (Å²) < 4.78 is 4.82. The minimum atomic E-state index is -0.369. The van der Waals surface area contributed by atoms with E-state index in [1.54, 1.807) is 12.1 Å². The summed E-state index contributed by atoms with van der Waals surface area (Å²) in [4.78, 5) is 25.8. The van der Waals surface area contributed by atoms with Crippen LogP contribution < -0.4 is 4.90 Å². The van der Waals surface area contributed by atoms with Gasteiger partial charge in [0.25, 0.3) is 0 Å². The van der Waals surface area contributed by atoms with Crippen molar-refractivity contribution in [3.8, 4) is 0 Å². The molecule has 0 atom stereocenters. The highest BCUT2D eigenvalue weighted by atomic mass is 16.5. The molecule has 5 nitrogen and oxygen atoms in total. The molecule has 0 unspecified atom stereocenters. The zero-order chi connectivity index (χ0) is 19.1. The van der Waals surface area contributed by atoms with E-state index in [0.717, 1.165) is 16.9 Å². The standard InChI is InChI=1S/C21H21NO4/c1-21(2)16-12-14(20(25)26-4)5-8-17(16)22(3)19(21)10-6-13-11-15(23)7-9-18(13)24/h5-12,23H,1-4H3/b13-6+,19-10-. The summed E-state index contributed by atoms with van der Waals surface area (Å²) in [6.45, 7) is 4.13. The third-order valence-corrected chi connectivity index (χ3v) is 4.87. The first kappa shape index (κ1) is 17.7. The van der Waals surface area contributed by atoms with Crippen LogP contribution >= 0.6 is 0 Å². The van der Waals surface area contributed by atoms with Crippen LogP contribution in [0, 0.1) is 0 Å². The second-order valence-corrected chi connectivity index (χ2v) is 6.85. The van der Waals surface area contributed by atoms with Crippen LogP contribution in [0.15, 0.2) is 65.6 Å². The van der Waals surface area contributed by atoms with Gasteiger partial charge in [-0.15, -0.1) is 0 Å². The van der Waals surface area contributed by atoms with Gasteiger partial charge in [0.15, 0.2) is 5.78 Å². The maximum Gasteiger partial charge on any atom is 0.337 e. The number of ether oxygens (including phenoxy) is 1. The van der Waals surface area contributed by atoms with E-state index >= 15 is 0 Å². The monoisotopic (exact) mass is 351 g/mol. The molecule has 0 bridgehead atoms. The molecule has 2 aliphatic rings. The van der Waals surface area contributed by atoms with Crippen molar-refractivity contribution < 1.29 is 19.4 Å². The molecule has 0 fully saturated rings. The van der Waals surface area contributed by atoms with E-state index in [0.29, 0.717) is 11.1 Å². The Morgan fingerprint density at radius 1 is 1.23 bits per heavy atom. The number of anilines is 1. The van der Waals surface area contributed by atoms with Gasteiger partial charge < -0.3 is 14.7 Å². The van der Waals surface area contributed by atoms with Crippen LogP contribution in [0.25, 0.3) is 0 Å². The molecule has 1 aromatic carbocycles. The Labute approximate surface area is 152 Å². The average molecular weight is 351 g/mol. The highest BCUT2D eigenvalue weighted by molar-refractivity contribution is 6.07. The van der Waals surface area contributed by atoms with Gasteiger partial charge in [-0.2, -0.15) is 0 Å². The van der Waals surface area contributed by atoms with Gasteiger partial charge in [0.1, 0.15) is 5.76 Å². The Hall–Kier alpha value is -3.08. The van der Waals surface area contributed by atoms with Gasteiger partial charge >= 0.3 is 5.97 Å². The molecule has 0 radical (unpaired) electrons. The number of aliphatic hydroxyl groups excluding tert-OH is 1. The number of carbonyl (C=O) groups excluding carboxylic acids is 2. The number of rotatable bonds is 2. The van der Waals surface area contributed by atoms with E-state index in [1.165, 1.54) is 25.3 Å². The quantitative estimate of drug-likeness (QED) is 0.651. The van der Waals surface area contributed by atoms with Crippen molar-refractivity contribution in [3.63, 3.8) is 0 Å². The molecule has 134 valence electrons. The molecule has 0 aromatic heterocycles. The van der Waals surface area contributed by atoms with Gasteiger partial charge in [0.05, 0.1) is 12.7 Å². The van der Waals surface area contributed by atoms with Crippen molar-refractivity contribution in [1.82, 2.24) is 0 Å². The summed E-state index contributed by atoms with van der Waals surface area (Å²) in [6, 6.07) is 5.50. The molecule has 5 heteroatoms. The fraction of sp³-hybridized carbons (Fsp3) is 0.238. The Morgan fingerprint density at radius 3 is 2.65 bits per heavy atom. The molecule has 1 aliphatic carbocycles. The van der Waals surface area contributed by atoms with Crippen LogP contribution in [-0.2, 0) is 14.9 Å². The predicted octanol–water partition coefficient (Wildman–Crippen LogP) is 3.59. The minimum absolute atomic E-state index is 0.0549. The second-order valence-electron chi connectivity index (χ2n) is 6.85. The highest BCUT2D eigenvalue weighted by Crippen LogP contribution is 2.47. The Bertz CT molecular complexity index is 916. The first-order valence-corrected chi connectivity index (χ1v) is 8.28. The van der Waals surface area contributed by atoms with Gasteiger partial charge in [0, 0.05) is 29.4 Å². The lowest BCUT2D eigenvalue weighted by atomic mass is 9.83. The van der Waals surface area contributed by atoms with Crippen molar-refractivity contribution in [1.29, 1.82) is 0 Å². The van der Waals surface area contributed by atoms with Crippen molar-refractivity contribution in [2.45, 2.75) is 19.3 Å². The molecule has 0 amide bonds. The molecule has 0 spiro atoms. The summed E-state index contributed by atoms with van der Waals surface area (Å²) in [7, 11) is 3.31. The van der Waals surface area contributed by atoms with Crippen molar-refractivity contribution in [2.24, 2.45) is 0 Å². The highest BCUT2D eigenvalue weighted by Gasteiger charge is 2.38. The second kappa shape index (κ2) is 6.33. The molecular formula is C21H21NO4. The number of carbonyl (C=O) groups is 2. The fourth-order valence-corrected chi connectivity index (χ4v) is 3.42. The van der Waals surface area contributed by atoms with Crippen molar-refractivity contribution in [3.05, 3.63) is 76.7 Å². The van der Waals surface area contributed by atoms with Gasteiger partial charge in [0.2, 0.25) is 0 Å². The maximum atomic E-state index is 12.0. The molecule has 0 saturated heterocycles. The Kier molecular flexibility index (Phi) is 4.32.